The molecule has 1 N–H and O–H groups in total. The summed E-state index contributed by atoms with van der Waals surface area (Å²) in [5.74, 6) is 0.147. The highest BCUT2D eigenvalue weighted by Gasteiger charge is 2.18. The van der Waals surface area contributed by atoms with Crippen LogP contribution in [0.2, 0.25) is 5.02 Å². The van der Waals surface area contributed by atoms with Gasteiger partial charge in [-0.3, -0.25) is 14.9 Å². The number of nitrogens with zero attached hydrogens (tertiary/aromatic N) is 4. The standard InChI is InChI=1S/C20H14ClN5O3/c1-12-15(20(27)23-14-7-8-16(21)18(10-14)26(28)29)11-22-25(12)19-9-6-13-4-2-3-5-17(13)24-19/h2-11H,1H3,(H,23,27). The normalized spacial score (nSPS) is 10.8. The van der Waals surface area contributed by atoms with Crippen LogP contribution in [-0.4, -0.2) is 25.6 Å². The number of nitro benzene ring substituents is 1. The Morgan fingerprint density at radius 1 is 1.17 bits per heavy atom. The summed E-state index contributed by atoms with van der Waals surface area (Å²) < 4.78 is 1.58. The number of nitro groups is 1. The maximum absolute atomic E-state index is 12.7. The first-order valence-corrected chi connectivity index (χ1v) is 8.98. The van der Waals surface area contributed by atoms with Crippen LogP contribution < -0.4 is 5.32 Å². The van der Waals surface area contributed by atoms with Gasteiger partial charge in [-0.25, -0.2) is 9.67 Å². The number of nitrogens with one attached hydrogen (secondary N) is 1. The Balaban J connectivity index is 1.63. The first-order chi connectivity index (χ1) is 13.9. The zero-order valence-corrected chi connectivity index (χ0v) is 15.9. The molecular weight excluding hydrogens is 394 g/mol. The van der Waals surface area contributed by atoms with Crippen molar-refractivity contribution in [3.63, 3.8) is 0 Å². The highest BCUT2D eigenvalue weighted by Crippen LogP contribution is 2.28. The third-order valence-electron chi connectivity index (χ3n) is 4.46. The summed E-state index contributed by atoms with van der Waals surface area (Å²) in [4.78, 5) is 27.7. The first kappa shape index (κ1) is 18.6. The van der Waals surface area contributed by atoms with Gasteiger partial charge in [-0.05, 0) is 37.3 Å². The van der Waals surface area contributed by atoms with Crippen LogP contribution in [0.1, 0.15) is 16.1 Å². The number of pyridine rings is 1. The Labute approximate surface area is 169 Å². The molecule has 0 bridgehead atoms. The van der Waals surface area contributed by atoms with E-state index in [1.807, 2.05) is 36.4 Å². The van der Waals surface area contributed by atoms with Crippen molar-refractivity contribution < 1.29 is 9.72 Å². The van der Waals surface area contributed by atoms with Crippen molar-refractivity contribution in [1.82, 2.24) is 14.8 Å². The minimum absolute atomic E-state index is 0.000576. The molecule has 0 atom stereocenters. The molecule has 0 aliphatic carbocycles. The number of rotatable bonds is 4. The molecule has 0 fully saturated rings. The van der Waals surface area contributed by atoms with Crippen LogP contribution >= 0.6 is 11.6 Å². The fourth-order valence-corrected chi connectivity index (χ4v) is 3.15. The molecule has 2 aromatic carbocycles. The minimum atomic E-state index is -0.605. The molecule has 29 heavy (non-hydrogen) atoms. The molecule has 4 aromatic rings. The van der Waals surface area contributed by atoms with Gasteiger partial charge in [-0.15, -0.1) is 0 Å². The number of hydrogen-bond donors (Lipinski definition) is 1. The number of fused-ring (bicyclic) bond motifs is 1. The Kier molecular flexibility index (Phi) is 4.69. The van der Waals surface area contributed by atoms with Gasteiger partial charge < -0.3 is 5.32 Å². The summed E-state index contributed by atoms with van der Waals surface area (Å²) in [5, 5.41) is 18.9. The van der Waals surface area contributed by atoms with Gasteiger partial charge in [-0.2, -0.15) is 5.10 Å². The van der Waals surface area contributed by atoms with E-state index >= 15 is 0 Å². The largest absolute Gasteiger partial charge is 0.322 e. The first-order valence-electron chi connectivity index (χ1n) is 8.60. The van der Waals surface area contributed by atoms with E-state index in [0.29, 0.717) is 17.1 Å². The van der Waals surface area contributed by atoms with Gasteiger partial charge in [0, 0.05) is 17.1 Å². The van der Waals surface area contributed by atoms with Crippen LogP contribution in [-0.2, 0) is 0 Å². The zero-order chi connectivity index (χ0) is 20.5. The molecule has 4 rings (SSSR count). The van der Waals surface area contributed by atoms with Gasteiger partial charge in [0.2, 0.25) is 0 Å². The Bertz CT molecular complexity index is 1270. The van der Waals surface area contributed by atoms with Crippen molar-refractivity contribution >= 4 is 39.8 Å². The monoisotopic (exact) mass is 407 g/mol. The number of para-hydroxylation sites is 1. The fourth-order valence-electron chi connectivity index (χ4n) is 2.97. The van der Waals surface area contributed by atoms with E-state index in [1.54, 1.807) is 11.6 Å². The molecule has 0 aliphatic rings. The van der Waals surface area contributed by atoms with Crippen LogP contribution in [0.25, 0.3) is 16.7 Å². The van der Waals surface area contributed by atoms with Gasteiger partial charge >= 0.3 is 0 Å². The summed E-state index contributed by atoms with van der Waals surface area (Å²) >= 11 is 5.81. The van der Waals surface area contributed by atoms with Gasteiger partial charge in [0.25, 0.3) is 11.6 Å². The SMILES string of the molecule is Cc1c(C(=O)Nc2ccc(Cl)c([N+](=O)[O-])c2)cnn1-c1ccc2ccccc2n1. The number of halogens is 1. The molecule has 0 spiro atoms. The van der Waals surface area contributed by atoms with Gasteiger partial charge in [-0.1, -0.05) is 29.8 Å². The summed E-state index contributed by atoms with van der Waals surface area (Å²) in [6, 6.07) is 15.5. The molecule has 9 heteroatoms. The lowest BCUT2D eigenvalue weighted by Crippen LogP contribution is -2.13. The summed E-state index contributed by atoms with van der Waals surface area (Å²) in [6.45, 7) is 1.75. The molecule has 0 saturated heterocycles. The summed E-state index contributed by atoms with van der Waals surface area (Å²) in [6.07, 6.45) is 1.44. The van der Waals surface area contributed by atoms with Crippen LogP contribution in [0, 0.1) is 17.0 Å². The number of aromatic nitrogens is 3. The third kappa shape index (κ3) is 3.53. The van der Waals surface area contributed by atoms with Crippen molar-refractivity contribution in [2.24, 2.45) is 0 Å². The van der Waals surface area contributed by atoms with E-state index in [0.717, 1.165) is 10.9 Å². The lowest BCUT2D eigenvalue weighted by atomic mass is 10.2. The molecule has 0 radical (unpaired) electrons. The minimum Gasteiger partial charge on any atom is -0.322 e. The van der Waals surface area contributed by atoms with Crippen molar-refractivity contribution in [2.45, 2.75) is 6.92 Å². The Hall–Kier alpha value is -3.78. The number of carbonyl (C=O) groups is 1. The second kappa shape index (κ2) is 7.33. The average molecular weight is 408 g/mol. The van der Waals surface area contributed by atoms with Gasteiger partial charge in [0.1, 0.15) is 5.02 Å². The number of anilines is 1. The van der Waals surface area contributed by atoms with E-state index in [-0.39, 0.29) is 16.4 Å². The predicted octanol–water partition coefficient (Wildman–Crippen LogP) is 4.54. The highest BCUT2D eigenvalue weighted by atomic mass is 35.5. The van der Waals surface area contributed by atoms with E-state index in [1.165, 1.54) is 24.4 Å². The predicted molar refractivity (Wildman–Crippen MR) is 110 cm³/mol. The molecule has 144 valence electrons. The van der Waals surface area contributed by atoms with Crippen molar-refractivity contribution in [3.8, 4) is 5.82 Å². The summed E-state index contributed by atoms with van der Waals surface area (Å²) in [7, 11) is 0. The van der Waals surface area contributed by atoms with Crippen LogP contribution in [0.4, 0.5) is 11.4 Å². The van der Waals surface area contributed by atoms with E-state index in [9.17, 15) is 14.9 Å². The second-order valence-electron chi connectivity index (χ2n) is 6.30. The topological polar surface area (TPSA) is 103 Å². The highest BCUT2D eigenvalue weighted by molar-refractivity contribution is 6.32. The molecule has 2 heterocycles. The van der Waals surface area contributed by atoms with Crippen molar-refractivity contribution in [1.29, 1.82) is 0 Å². The van der Waals surface area contributed by atoms with Crippen molar-refractivity contribution in [3.05, 3.63) is 87.2 Å². The Morgan fingerprint density at radius 3 is 2.76 bits per heavy atom. The molecule has 1 amide bonds. The van der Waals surface area contributed by atoms with Gasteiger partial charge in [0.05, 0.1) is 27.9 Å². The average Bonchev–Trinajstić information content (AvgIpc) is 3.10. The molecule has 0 unspecified atom stereocenters. The Morgan fingerprint density at radius 2 is 1.97 bits per heavy atom. The number of hydrogen-bond acceptors (Lipinski definition) is 5. The van der Waals surface area contributed by atoms with E-state index in [4.69, 9.17) is 11.6 Å². The summed E-state index contributed by atoms with van der Waals surface area (Å²) in [5.41, 5.74) is 1.73. The zero-order valence-electron chi connectivity index (χ0n) is 15.2. The lowest BCUT2D eigenvalue weighted by molar-refractivity contribution is -0.384. The van der Waals surface area contributed by atoms with Crippen LogP contribution in [0.3, 0.4) is 0 Å². The van der Waals surface area contributed by atoms with Crippen LogP contribution in [0.5, 0.6) is 0 Å². The maximum Gasteiger partial charge on any atom is 0.289 e. The third-order valence-corrected chi connectivity index (χ3v) is 4.78. The smallest absolute Gasteiger partial charge is 0.289 e. The number of amides is 1. The molecule has 2 aromatic heterocycles. The second-order valence-corrected chi connectivity index (χ2v) is 6.70. The van der Waals surface area contributed by atoms with E-state index < -0.39 is 10.8 Å². The number of benzene rings is 2. The maximum atomic E-state index is 12.7. The lowest BCUT2D eigenvalue weighted by Gasteiger charge is -2.07. The molecule has 8 nitrogen and oxygen atoms in total. The van der Waals surface area contributed by atoms with Crippen LogP contribution in [0.15, 0.2) is 60.8 Å². The van der Waals surface area contributed by atoms with E-state index in [2.05, 4.69) is 15.4 Å². The molecular formula is C20H14ClN5O3. The fraction of sp³-hybridized carbons (Fsp3) is 0.0500. The number of carbonyl (C=O) groups excluding carboxylic acids is 1. The molecule has 0 aliphatic heterocycles. The quantitative estimate of drug-likeness (QED) is 0.395. The molecule has 0 saturated carbocycles. The van der Waals surface area contributed by atoms with Gasteiger partial charge in [0.15, 0.2) is 5.82 Å². The van der Waals surface area contributed by atoms with Crippen molar-refractivity contribution in [2.75, 3.05) is 5.32 Å².